The molecule has 1 heterocycles. The predicted molar refractivity (Wildman–Crippen MR) is 90.3 cm³/mol. The van der Waals surface area contributed by atoms with Gasteiger partial charge in [-0.1, -0.05) is 18.2 Å². The first-order valence-corrected chi connectivity index (χ1v) is 7.31. The number of aromatic hydroxyl groups is 1. The van der Waals surface area contributed by atoms with E-state index < -0.39 is 5.92 Å². The van der Waals surface area contributed by atoms with Gasteiger partial charge in [0.2, 0.25) is 5.91 Å². The summed E-state index contributed by atoms with van der Waals surface area (Å²) in [5.74, 6) is -0.603. The summed E-state index contributed by atoms with van der Waals surface area (Å²) in [6, 6.07) is 14.1. The van der Waals surface area contributed by atoms with Crippen molar-refractivity contribution in [2.75, 3.05) is 11.9 Å². The summed E-state index contributed by atoms with van der Waals surface area (Å²) in [4.78, 5) is 16.6. The van der Waals surface area contributed by atoms with E-state index in [2.05, 4.69) is 10.3 Å². The van der Waals surface area contributed by atoms with E-state index in [1.54, 1.807) is 36.7 Å². The van der Waals surface area contributed by atoms with Crippen LogP contribution in [0.5, 0.6) is 5.75 Å². The molecule has 0 aliphatic heterocycles. The summed E-state index contributed by atoms with van der Waals surface area (Å²) in [5.41, 5.74) is 7.14. The van der Waals surface area contributed by atoms with E-state index >= 15 is 0 Å². The molecular weight excluding hydrogens is 290 g/mol. The molecule has 1 amide bonds. The Morgan fingerprint density at radius 1 is 1.17 bits per heavy atom. The Kier molecular flexibility index (Phi) is 4.21. The van der Waals surface area contributed by atoms with Gasteiger partial charge in [-0.15, -0.1) is 0 Å². The minimum absolute atomic E-state index is 0.118. The average Bonchev–Trinajstić information content (AvgIpc) is 2.55. The van der Waals surface area contributed by atoms with Crippen molar-refractivity contribution in [3.05, 3.63) is 66.5 Å². The van der Waals surface area contributed by atoms with Crippen molar-refractivity contribution in [3.8, 4) is 5.75 Å². The number of carbonyl (C=O) groups is 1. The summed E-state index contributed by atoms with van der Waals surface area (Å²) < 4.78 is 0. The number of nitrogens with zero attached hydrogens (tertiary/aromatic N) is 1. The largest absolute Gasteiger partial charge is 0.508 e. The predicted octanol–water partition coefficient (Wildman–Crippen LogP) is 2.62. The van der Waals surface area contributed by atoms with Crippen LogP contribution in [0.1, 0.15) is 11.5 Å². The molecule has 5 nitrogen and oxygen atoms in total. The molecule has 4 N–H and O–H groups in total. The Bertz CT molecular complexity index is 848. The van der Waals surface area contributed by atoms with Gasteiger partial charge in [0, 0.05) is 30.0 Å². The van der Waals surface area contributed by atoms with E-state index in [1.165, 1.54) is 0 Å². The number of nitrogens with one attached hydrogen (secondary N) is 1. The summed E-state index contributed by atoms with van der Waals surface area (Å²) in [5, 5.41) is 14.5. The number of pyridine rings is 1. The fourth-order valence-corrected chi connectivity index (χ4v) is 2.53. The fourth-order valence-electron chi connectivity index (χ4n) is 2.53. The SMILES string of the molecule is NCC(C(=O)Nc1ccc2cnccc2c1)c1cccc(O)c1. The quantitative estimate of drug-likeness (QED) is 0.691. The first kappa shape index (κ1) is 15.0. The average molecular weight is 307 g/mol. The van der Waals surface area contributed by atoms with Gasteiger partial charge in [-0.3, -0.25) is 9.78 Å². The molecule has 0 spiro atoms. The summed E-state index contributed by atoms with van der Waals surface area (Å²) in [6.07, 6.45) is 3.49. The molecule has 1 aromatic heterocycles. The molecule has 3 aromatic rings. The second-order valence-electron chi connectivity index (χ2n) is 5.31. The third-order valence-corrected chi connectivity index (χ3v) is 3.73. The van der Waals surface area contributed by atoms with E-state index in [0.29, 0.717) is 11.3 Å². The molecule has 1 unspecified atom stereocenters. The highest BCUT2D eigenvalue weighted by Gasteiger charge is 2.19. The Labute approximate surface area is 133 Å². The van der Waals surface area contributed by atoms with Gasteiger partial charge < -0.3 is 16.2 Å². The Morgan fingerprint density at radius 2 is 2.04 bits per heavy atom. The fraction of sp³-hybridized carbons (Fsp3) is 0.111. The smallest absolute Gasteiger partial charge is 0.233 e. The lowest BCUT2D eigenvalue weighted by Crippen LogP contribution is -2.27. The van der Waals surface area contributed by atoms with Crippen molar-refractivity contribution in [1.82, 2.24) is 4.98 Å². The van der Waals surface area contributed by atoms with Crippen molar-refractivity contribution in [1.29, 1.82) is 0 Å². The van der Waals surface area contributed by atoms with Crippen LogP contribution in [0.15, 0.2) is 60.9 Å². The Hall–Kier alpha value is -2.92. The number of fused-ring (bicyclic) bond motifs is 1. The topological polar surface area (TPSA) is 88.2 Å². The highest BCUT2D eigenvalue weighted by atomic mass is 16.3. The number of phenolic OH excluding ortho intramolecular Hbond substituents is 1. The van der Waals surface area contributed by atoms with Crippen LogP contribution in [0.4, 0.5) is 5.69 Å². The number of anilines is 1. The van der Waals surface area contributed by atoms with Crippen molar-refractivity contribution < 1.29 is 9.90 Å². The van der Waals surface area contributed by atoms with Crippen LogP contribution < -0.4 is 11.1 Å². The van der Waals surface area contributed by atoms with E-state index in [4.69, 9.17) is 5.73 Å². The lowest BCUT2D eigenvalue weighted by molar-refractivity contribution is -0.117. The lowest BCUT2D eigenvalue weighted by Gasteiger charge is -2.16. The molecule has 5 heteroatoms. The maximum atomic E-state index is 12.5. The number of nitrogens with two attached hydrogens (primary N) is 1. The molecule has 3 rings (SSSR count). The van der Waals surface area contributed by atoms with Gasteiger partial charge in [0.25, 0.3) is 0 Å². The molecule has 2 aromatic carbocycles. The monoisotopic (exact) mass is 307 g/mol. The van der Waals surface area contributed by atoms with Crippen LogP contribution in [0.25, 0.3) is 10.8 Å². The summed E-state index contributed by atoms with van der Waals surface area (Å²) in [7, 11) is 0. The number of hydrogen-bond donors (Lipinski definition) is 3. The van der Waals surface area contributed by atoms with Gasteiger partial charge in [0.15, 0.2) is 0 Å². The van der Waals surface area contributed by atoms with Gasteiger partial charge in [0.05, 0.1) is 5.92 Å². The molecule has 0 radical (unpaired) electrons. The van der Waals surface area contributed by atoms with Gasteiger partial charge in [0.1, 0.15) is 5.75 Å². The van der Waals surface area contributed by atoms with E-state index in [-0.39, 0.29) is 18.2 Å². The number of benzene rings is 2. The molecule has 0 fully saturated rings. The molecule has 0 saturated carbocycles. The third kappa shape index (κ3) is 3.30. The number of phenols is 1. The summed E-state index contributed by atoms with van der Waals surface area (Å²) in [6.45, 7) is 0.160. The first-order chi connectivity index (χ1) is 11.2. The highest BCUT2D eigenvalue weighted by Crippen LogP contribution is 2.23. The normalized spacial score (nSPS) is 12.0. The molecule has 23 heavy (non-hydrogen) atoms. The van der Waals surface area contributed by atoms with Gasteiger partial charge in [-0.25, -0.2) is 0 Å². The Morgan fingerprint density at radius 3 is 2.83 bits per heavy atom. The molecule has 0 aliphatic rings. The molecular formula is C18H17N3O2. The number of rotatable bonds is 4. The van der Waals surface area contributed by atoms with Crippen LogP contribution in [-0.2, 0) is 4.79 Å². The zero-order valence-electron chi connectivity index (χ0n) is 12.4. The third-order valence-electron chi connectivity index (χ3n) is 3.73. The van der Waals surface area contributed by atoms with Gasteiger partial charge in [-0.05, 0) is 41.3 Å². The maximum Gasteiger partial charge on any atom is 0.233 e. The standard InChI is InChI=1S/C18H17N3O2/c19-10-17(13-2-1-3-16(22)9-13)18(23)21-15-5-4-14-11-20-7-6-12(14)8-15/h1-9,11,17,22H,10,19H2,(H,21,23). The summed E-state index contributed by atoms with van der Waals surface area (Å²) >= 11 is 0. The minimum atomic E-state index is -0.518. The highest BCUT2D eigenvalue weighted by molar-refractivity contribution is 5.98. The van der Waals surface area contributed by atoms with Crippen LogP contribution in [-0.4, -0.2) is 22.5 Å². The molecule has 0 bridgehead atoms. The zero-order chi connectivity index (χ0) is 16.2. The number of aromatic nitrogens is 1. The second-order valence-corrected chi connectivity index (χ2v) is 5.31. The van der Waals surface area contributed by atoms with Crippen molar-refractivity contribution in [2.45, 2.75) is 5.92 Å². The van der Waals surface area contributed by atoms with Crippen LogP contribution in [0.3, 0.4) is 0 Å². The first-order valence-electron chi connectivity index (χ1n) is 7.31. The van der Waals surface area contributed by atoms with Crippen LogP contribution in [0, 0.1) is 0 Å². The number of amides is 1. The zero-order valence-corrected chi connectivity index (χ0v) is 12.4. The van der Waals surface area contributed by atoms with Crippen molar-refractivity contribution in [3.63, 3.8) is 0 Å². The van der Waals surface area contributed by atoms with Crippen molar-refractivity contribution >= 4 is 22.4 Å². The molecule has 0 saturated heterocycles. The van der Waals surface area contributed by atoms with E-state index in [1.807, 2.05) is 24.3 Å². The molecule has 0 aliphatic carbocycles. The maximum absolute atomic E-state index is 12.5. The lowest BCUT2D eigenvalue weighted by atomic mass is 9.98. The van der Waals surface area contributed by atoms with E-state index in [9.17, 15) is 9.90 Å². The minimum Gasteiger partial charge on any atom is -0.508 e. The molecule has 1 atom stereocenters. The van der Waals surface area contributed by atoms with Crippen molar-refractivity contribution in [2.24, 2.45) is 5.73 Å². The van der Waals surface area contributed by atoms with Crippen LogP contribution >= 0.6 is 0 Å². The second kappa shape index (κ2) is 6.46. The van der Waals surface area contributed by atoms with Gasteiger partial charge >= 0.3 is 0 Å². The number of carbonyl (C=O) groups excluding carboxylic acids is 1. The van der Waals surface area contributed by atoms with Gasteiger partial charge in [-0.2, -0.15) is 0 Å². The number of hydrogen-bond acceptors (Lipinski definition) is 4. The van der Waals surface area contributed by atoms with Crippen LogP contribution in [0.2, 0.25) is 0 Å². The molecule has 116 valence electrons. The van der Waals surface area contributed by atoms with E-state index in [0.717, 1.165) is 10.8 Å². The Balaban J connectivity index is 1.83.